The summed E-state index contributed by atoms with van der Waals surface area (Å²) >= 11 is 0. The molecule has 0 fully saturated rings. The summed E-state index contributed by atoms with van der Waals surface area (Å²) in [5.41, 5.74) is 0. The summed E-state index contributed by atoms with van der Waals surface area (Å²) < 4.78 is 24.0. The molecule has 3 nitrogen and oxygen atoms in total. The van der Waals surface area contributed by atoms with Gasteiger partial charge in [0.15, 0.2) is 0 Å². The Morgan fingerprint density at radius 1 is 1.44 bits per heavy atom. The average Bonchev–Trinajstić information content (AvgIpc) is 1.65. The van der Waals surface area contributed by atoms with Crippen LogP contribution in [0.15, 0.2) is 0 Å². The van der Waals surface area contributed by atoms with Crippen LogP contribution in [0.25, 0.3) is 0 Å². The van der Waals surface area contributed by atoms with Gasteiger partial charge < -0.3 is 0 Å². The average molecular weight is 151 g/mol. The summed E-state index contributed by atoms with van der Waals surface area (Å²) in [4.78, 5) is 0. The number of rotatable bonds is 3. The summed E-state index contributed by atoms with van der Waals surface area (Å²) in [6.45, 7) is 5.54. The lowest BCUT2D eigenvalue weighted by Gasteiger charge is -2.05. The molecule has 0 atom stereocenters. The lowest BCUT2D eigenvalue weighted by molar-refractivity contribution is 0.575. The molecular weight excluding hydrogens is 138 g/mol. The van der Waals surface area contributed by atoms with Gasteiger partial charge in [-0.1, -0.05) is 6.92 Å². The summed E-state index contributed by atoms with van der Waals surface area (Å²) in [5.74, 6) is 0. The molecule has 0 aromatic heterocycles. The number of hydrogen-bond acceptors (Lipinski definition) is 2. The second-order valence-corrected chi connectivity index (χ2v) is 4.41. The van der Waals surface area contributed by atoms with Crippen LogP contribution in [0.2, 0.25) is 0 Å². The van der Waals surface area contributed by atoms with Crippen LogP contribution in [-0.2, 0) is 10.0 Å². The van der Waals surface area contributed by atoms with Gasteiger partial charge >= 0.3 is 0 Å². The van der Waals surface area contributed by atoms with Crippen LogP contribution in [0.5, 0.6) is 0 Å². The van der Waals surface area contributed by atoms with E-state index in [0.29, 0.717) is 6.54 Å². The first-order valence-corrected chi connectivity index (χ1v) is 4.53. The maximum absolute atomic E-state index is 10.8. The first-order chi connectivity index (χ1) is 4.00. The highest BCUT2D eigenvalue weighted by Gasteiger charge is 2.12. The van der Waals surface area contributed by atoms with Crippen molar-refractivity contribution in [2.75, 3.05) is 6.54 Å². The van der Waals surface area contributed by atoms with Crippen molar-refractivity contribution >= 4 is 10.0 Å². The van der Waals surface area contributed by atoms with Gasteiger partial charge in [0.25, 0.3) is 0 Å². The molecule has 56 valence electrons. The first-order valence-electron chi connectivity index (χ1n) is 2.99. The van der Waals surface area contributed by atoms with Gasteiger partial charge in [0.05, 0.1) is 5.25 Å². The molecule has 0 radical (unpaired) electrons. The van der Waals surface area contributed by atoms with E-state index >= 15 is 0 Å². The molecule has 0 aromatic rings. The number of hydrogen-bond donors (Lipinski definition) is 1. The van der Waals surface area contributed by atoms with E-state index in [4.69, 9.17) is 0 Å². The zero-order valence-electron chi connectivity index (χ0n) is 6.01. The van der Waals surface area contributed by atoms with Gasteiger partial charge in [-0.15, -0.1) is 0 Å². The minimum absolute atomic E-state index is 0.322. The van der Waals surface area contributed by atoms with Crippen molar-refractivity contribution in [3.8, 4) is 0 Å². The topological polar surface area (TPSA) is 46.2 Å². The molecule has 1 N–H and O–H groups in total. The lowest BCUT2D eigenvalue weighted by Crippen LogP contribution is -2.30. The van der Waals surface area contributed by atoms with Crippen molar-refractivity contribution in [2.24, 2.45) is 0 Å². The Morgan fingerprint density at radius 2 is 1.89 bits per heavy atom. The highest BCUT2D eigenvalue weighted by molar-refractivity contribution is 7.90. The second kappa shape index (κ2) is 3.17. The van der Waals surface area contributed by atoms with Crippen molar-refractivity contribution in [2.45, 2.75) is 26.0 Å². The van der Waals surface area contributed by atoms with Crippen molar-refractivity contribution in [1.82, 2.24) is 4.72 Å². The van der Waals surface area contributed by atoms with Crippen LogP contribution in [0.4, 0.5) is 0 Å². The van der Waals surface area contributed by atoms with Gasteiger partial charge in [0.1, 0.15) is 0 Å². The smallest absolute Gasteiger partial charge is 0.213 e. The molecule has 0 aliphatic heterocycles. The Morgan fingerprint density at radius 3 is 2.00 bits per heavy atom. The molecule has 0 bridgehead atoms. The molecule has 0 unspecified atom stereocenters. The molecular formula is C5H13NO2S. The van der Waals surface area contributed by atoms with Crippen molar-refractivity contribution < 1.29 is 8.42 Å². The van der Waals surface area contributed by atoms with Gasteiger partial charge in [-0.25, -0.2) is 13.1 Å². The normalized spacial score (nSPS) is 12.4. The maximum atomic E-state index is 10.8. The quantitative estimate of drug-likeness (QED) is 0.632. The Balaban J connectivity index is 4.05. The molecule has 0 heterocycles. The number of nitrogens with one attached hydrogen (secondary N) is 1. The highest BCUT2D eigenvalue weighted by atomic mass is 32.2. The van der Waals surface area contributed by atoms with E-state index in [1.165, 1.54) is 0 Å². The second-order valence-electron chi connectivity index (χ2n) is 2.09. The zero-order valence-corrected chi connectivity index (χ0v) is 6.83. The van der Waals surface area contributed by atoms with E-state index in [1.807, 2.05) is 0 Å². The lowest BCUT2D eigenvalue weighted by atomic mass is 10.6. The Kier molecular flexibility index (Phi) is 3.14. The standard InChI is InChI=1S/C5H13NO2S/c1-4-6-9(7,8)5(2)3/h5-6H,4H2,1-3H3. The fraction of sp³-hybridized carbons (Fsp3) is 1.00. The van der Waals surface area contributed by atoms with Crippen LogP contribution < -0.4 is 4.72 Å². The summed E-state index contributed by atoms with van der Waals surface area (Å²) in [7, 11) is -3.00. The predicted octanol–water partition coefficient (Wildman–Crippen LogP) is 0.334. The maximum Gasteiger partial charge on any atom is 0.213 e. The Labute approximate surface area is 56.5 Å². The van der Waals surface area contributed by atoms with Crippen molar-refractivity contribution in [1.29, 1.82) is 0 Å². The zero-order chi connectivity index (χ0) is 7.49. The number of sulfonamides is 1. The van der Waals surface area contributed by atoms with E-state index in [0.717, 1.165) is 0 Å². The molecule has 0 aliphatic rings. The fourth-order valence-electron chi connectivity index (χ4n) is 0.368. The van der Waals surface area contributed by atoms with Gasteiger partial charge in [-0.2, -0.15) is 0 Å². The third-order valence-corrected chi connectivity index (χ3v) is 2.90. The van der Waals surface area contributed by atoms with E-state index in [9.17, 15) is 8.42 Å². The van der Waals surface area contributed by atoms with Crippen LogP contribution in [-0.4, -0.2) is 20.2 Å². The van der Waals surface area contributed by atoms with Crippen LogP contribution >= 0.6 is 0 Å². The minimum Gasteiger partial charge on any atom is -0.215 e. The van der Waals surface area contributed by atoms with Gasteiger partial charge in [-0.05, 0) is 13.8 Å². The van der Waals surface area contributed by atoms with Crippen molar-refractivity contribution in [3.63, 3.8) is 0 Å². The molecule has 9 heavy (non-hydrogen) atoms. The van der Waals surface area contributed by atoms with Gasteiger partial charge in [0.2, 0.25) is 10.0 Å². The molecule has 0 amide bonds. The van der Waals surface area contributed by atoms with E-state index < -0.39 is 10.0 Å². The monoisotopic (exact) mass is 151 g/mol. The van der Waals surface area contributed by atoms with Crippen LogP contribution in [0.1, 0.15) is 20.8 Å². The minimum atomic E-state index is -3.00. The summed E-state index contributed by atoms with van der Waals surface area (Å²) in [5, 5.41) is -0.322. The third-order valence-electron chi connectivity index (χ3n) is 0.966. The molecule has 0 spiro atoms. The molecule has 0 aliphatic carbocycles. The van der Waals surface area contributed by atoms with Gasteiger partial charge in [-0.3, -0.25) is 0 Å². The van der Waals surface area contributed by atoms with Crippen LogP contribution in [0, 0.1) is 0 Å². The predicted molar refractivity (Wildman–Crippen MR) is 37.7 cm³/mol. The van der Waals surface area contributed by atoms with Crippen LogP contribution in [0.3, 0.4) is 0 Å². The molecule has 0 saturated heterocycles. The SMILES string of the molecule is CCNS(=O)(=O)C(C)C. The highest BCUT2D eigenvalue weighted by Crippen LogP contribution is 1.93. The van der Waals surface area contributed by atoms with Crippen molar-refractivity contribution in [3.05, 3.63) is 0 Å². The largest absolute Gasteiger partial charge is 0.215 e. The fourth-order valence-corrected chi connectivity index (χ4v) is 1.10. The third kappa shape index (κ3) is 2.81. The molecule has 4 heteroatoms. The molecule has 0 aromatic carbocycles. The van der Waals surface area contributed by atoms with E-state index in [1.54, 1.807) is 20.8 Å². The first kappa shape index (κ1) is 8.91. The summed E-state index contributed by atoms with van der Waals surface area (Å²) in [6, 6.07) is 0. The Bertz CT molecular complexity index is 160. The molecule has 0 saturated carbocycles. The summed E-state index contributed by atoms with van der Waals surface area (Å²) in [6.07, 6.45) is 0. The van der Waals surface area contributed by atoms with E-state index in [-0.39, 0.29) is 5.25 Å². The van der Waals surface area contributed by atoms with Gasteiger partial charge in [0, 0.05) is 6.54 Å². The Hall–Kier alpha value is -0.0900. The van der Waals surface area contributed by atoms with E-state index in [2.05, 4.69) is 4.72 Å². The molecule has 0 rings (SSSR count).